The summed E-state index contributed by atoms with van der Waals surface area (Å²) in [4.78, 5) is 12.7. The zero-order chi connectivity index (χ0) is 31.1. The highest BCUT2D eigenvalue weighted by molar-refractivity contribution is 9.10. The maximum Gasteiger partial charge on any atom is 0.485 e. The largest absolute Gasteiger partial charge is 0.485 e. The average molecular weight is 800 g/mol. The molecule has 0 saturated carbocycles. The molecule has 0 amide bonds. The van der Waals surface area contributed by atoms with Crippen LogP contribution < -0.4 is 0 Å². The third kappa shape index (κ3) is 7.52. The van der Waals surface area contributed by atoms with Gasteiger partial charge in [-0.05, 0) is 26.4 Å². The number of rotatable bonds is 10. The predicted molar refractivity (Wildman–Crippen MR) is 173 cm³/mol. The zero-order valence-electron chi connectivity index (χ0n) is 26.2. The molecular weight excluding hydrogens is 753 g/mol. The van der Waals surface area contributed by atoms with Gasteiger partial charge in [-0.3, -0.25) is 4.79 Å². The molecule has 8 unspecified atom stereocenters. The SMILES string of the molecule is CC[SiH]1O[Si]2(CCOC(=O)C(C)(C)Br)O[Si]3(CC)OC[SiH](C)O[Si]4(CC)O[Si](CC)(O1)O[Si](CC)(O2)O[Si](CC)(O3)O4. The molecule has 0 spiro atoms. The second-order valence-electron chi connectivity index (χ2n) is 11.3. The number of carbonyl (C=O) groups excluding carboxylic acids is 1. The van der Waals surface area contributed by atoms with E-state index in [1.165, 1.54) is 0 Å². The van der Waals surface area contributed by atoms with Crippen LogP contribution in [0.5, 0.6) is 0 Å². The van der Waals surface area contributed by atoms with Gasteiger partial charge in [-0.25, -0.2) is 0 Å². The van der Waals surface area contributed by atoms with Crippen molar-refractivity contribution >= 4 is 93.0 Å². The highest BCUT2D eigenvalue weighted by Gasteiger charge is 2.75. The van der Waals surface area contributed by atoms with Gasteiger partial charge in [0.05, 0.1) is 18.9 Å². The Morgan fingerprint density at radius 1 is 0.714 bits per heavy atom. The summed E-state index contributed by atoms with van der Waals surface area (Å²) in [6, 6.07) is 2.98. The third-order valence-corrected chi connectivity index (χ3v) is 40.5. The van der Waals surface area contributed by atoms with E-state index in [0.717, 1.165) is 0 Å². The van der Waals surface area contributed by atoms with Gasteiger partial charge < -0.3 is 50.3 Å². The fourth-order valence-electron chi connectivity index (χ4n) is 4.98. The summed E-state index contributed by atoms with van der Waals surface area (Å²) in [6.07, 6.45) is 0.334. The van der Waals surface area contributed by atoms with Crippen molar-refractivity contribution in [2.75, 3.05) is 12.8 Å². The first-order chi connectivity index (χ1) is 19.6. The lowest BCUT2D eigenvalue weighted by Gasteiger charge is -2.56. The monoisotopic (exact) mass is 798 g/mol. The molecule has 0 aromatic heterocycles. The quantitative estimate of drug-likeness (QED) is 0.181. The van der Waals surface area contributed by atoms with Crippen LogP contribution in [0.1, 0.15) is 55.4 Å². The molecule has 8 atom stereocenters. The number of fused-ring (bicyclic) bond motifs is 4. The summed E-state index contributed by atoms with van der Waals surface area (Å²) in [5, 5.41) is 0. The topological polar surface area (TPSA) is 128 Å². The van der Waals surface area contributed by atoms with Crippen LogP contribution in [0.25, 0.3) is 0 Å². The fourth-order valence-corrected chi connectivity index (χ4v) is 48.0. The van der Waals surface area contributed by atoms with Crippen LogP contribution in [0.3, 0.4) is 0 Å². The van der Waals surface area contributed by atoms with Crippen molar-refractivity contribution in [3.8, 4) is 0 Å². The second-order valence-corrected chi connectivity index (χ2v) is 37.9. The van der Waals surface area contributed by atoms with Crippen LogP contribution in [0.15, 0.2) is 0 Å². The third-order valence-electron chi connectivity index (χ3n) is 7.34. The van der Waals surface area contributed by atoms with Crippen LogP contribution in [0, 0.1) is 0 Å². The van der Waals surface area contributed by atoms with Crippen LogP contribution in [0.4, 0.5) is 0 Å². The summed E-state index contributed by atoms with van der Waals surface area (Å²) in [7, 11) is -26.2. The molecule has 22 heteroatoms. The van der Waals surface area contributed by atoms with E-state index in [0.29, 0.717) is 42.5 Å². The fraction of sp³-hybridized carbons (Fsp3) is 0.950. The van der Waals surface area contributed by atoms with Crippen molar-refractivity contribution in [1.82, 2.24) is 0 Å². The molecule has 6 bridgehead atoms. The van der Waals surface area contributed by atoms with Crippen molar-refractivity contribution in [1.29, 1.82) is 0 Å². The molecule has 4 aliphatic rings. The first-order valence-corrected chi connectivity index (χ1v) is 31.6. The van der Waals surface area contributed by atoms with Gasteiger partial charge in [-0.1, -0.05) is 57.5 Å². The standard InChI is InChI=1S/C20H47BrO13Si8/c1-10-36-26-39(13-4)30-38(12-3)25-35(9)18-24-37(11-2)28-40(14-5,31-38)33-41(15-6,32-39)34-42(27-36,29-37)17-16-23-19(22)20(7,8)21/h35-36H,10-18H2,1-9H3. The van der Waals surface area contributed by atoms with Crippen molar-refractivity contribution in [3.63, 3.8) is 0 Å². The van der Waals surface area contributed by atoms with E-state index in [9.17, 15) is 4.79 Å². The van der Waals surface area contributed by atoms with Gasteiger partial charge in [0.15, 0.2) is 9.04 Å². The molecule has 0 aliphatic carbocycles. The summed E-state index contributed by atoms with van der Waals surface area (Å²) in [5.41, 5.74) is 0. The zero-order valence-corrected chi connectivity index (χ0v) is 36.1. The van der Waals surface area contributed by atoms with E-state index < -0.39 is 81.4 Å². The number of esters is 1. The van der Waals surface area contributed by atoms with Gasteiger partial charge in [-0.2, -0.15) is 0 Å². The van der Waals surface area contributed by atoms with E-state index in [-0.39, 0.29) is 12.7 Å². The van der Waals surface area contributed by atoms with Gasteiger partial charge in [-0.15, -0.1) is 0 Å². The Balaban J connectivity index is 1.93. The minimum atomic E-state index is -3.80. The Bertz CT molecular complexity index is 989. The minimum Gasteiger partial charge on any atom is -0.465 e. The van der Waals surface area contributed by atoms with E-state index >= 15 is 0 Å². The normalized spacial score (nSPS) is 44.2. The lowest BCUT2D eigenvalue weighted by atomic mass is 10.2. The first kappa shape index (κ1) is 36.1. The molecule has 13 nitrogen and oxygen atoms in total. The number of halogens is 1. The molecule has 42 heavy (non-hydrogen) atoms. The summed E-state index contributed by atoms with van der Waals surface area (Å²) in [6.45, 7) is 17.5. The predicted octanol–water partition coefficient (Wildman–Crippen LogP) is 3.81. The van der Waals surface area contributed by atoms with Crippen molar-refractivity contribution in [2.45, 2.75) is 109 Å². The summed E-state index contributed by atoms with van der Waals surface area (Å²) >= 11 is 3.38. The smallest absolute Gasteiger partial charge is 0.465 e. The molecule has 4 saturated heterocycles. The first-order valence-electron chi connectivity index (χ1n) is 15.1. The van der Waals surface area contributed by atoms with Gasteiger partial charge in [0.1, 0.15) is 4.32 Å². The molecule has 244 valence electrons. The Kier molecular flexibility index (Phi) is 11.5. The Labute approximate surface area is 268 Å². The number of hydrogen-bond acceptors (Lipinski definition) is 13. The Hall–Kier alpha value is 1.25. The van der Waals surface area contributed by atoms with Crippen LogP contribution in [-0.2, 0) is 55.1 Å². The highest BCUT2D eigenvalue weighted by atomic mass is 79.9. The van der Waals surface area contributed by atoms with Crippen LogP contribution in [0.2, 0.25) is 48.9 Å². The Morgan fingerprint density at radius 2 is 1.14 bits per heavy atom. The van der Waals surface area contributed by atoms with E-state index in [1.54, 1.807) is 13.8 Å². The molecule has 0 aromatic carbocycles. The molecule has 4 rings (SSSR count). The lowest BCUT2D eigenvalue weighted by Crippen LogP contribution is -2.80. The van der Waals surface area contributed by atoms with Gasteiger partial charge in [0.25, 0.3) is 0 Å². The number of ether oxygens (including phenoxy) is 1. The summed E-state index contributed by atoms with van der Waals surface area (Å²) < 4.78 is 81.7. The van der Waals surface area contributed by atoms with Gasteiger partial charge in [0, 0.05) is 30.2 Å². The minimum absolute atomic E-state index is 0.00707. The summed E-state index contributed by atoms with van der Waals surface area (Å²) in [5.74, 6) is -0.405. The second kappa shape index (κ2) is 13.4. The lowest BCUT2D eigenvalue weighted by molar-refractivity contribution is -0.145. The van der Waals surface area contributed by atoms with Crippen molar-refractivity contribution in [3.05, 3.63) is 0 Å². The highest BCUT2D eigenvalue weighted by Crippen LogP contribution is 2.47. The van der Waals surface area contributed by atoms with E-state index in [2.05, 4.69) is 22.5 Å². The van der Waals surface area contributed by atoms with Crippen molar-refractivity contribution in [2.24, 2.45) is 0 Å². The maximum atomic E-state index is 12.7. The molecule has 0 radical (unpaired) electrons. The van der Waals surface area contributed by atoms with Gasteiger partial charge >= 0.3 is 68.1 Å². The van der Waals surface area contributed by atoms with Gasteiger partial charge in [0.2, 0.25) is 0 Å². The number of hydrogen-bond donors (Lipinski definition) is 0. The average Bonchev–Trinajstić information content (AvgIpc) is 2.97. The molecule has 4 aliphatic heterocycles. The van der Waals surface area contributed by atoms with E-state index in [1.807, 2.05) is 41.5 Å². The molecular formula is C20H47BrO13Si8. The molecule has 4 fully saturated rings. The van der Waals surface area contributed by atoms with Crippen molar-refractivity contribution < 1.29 is 55.1 Å². The maximum absolute atomic E-state index is 12.7. The molecule has 4 heterocycles. The van der Waals surface area contributed by atoms with Crippen LogP contribution in [-0.4, -0.2) is 94.3 Å². The molecule has 0 N–H and O–H groups in total. The molecule has 0 aromatic rings. The van der Waals surface area contributed by atoms with E-state index in [4.69, 9.17) is 50.3 Å². The number of carbonyl (C=O) groups is 1. The van der Waals surface area contributed by atoms with Crippen LogP contribution >= 0.6 is 15.9 Å². The Morgan fingerprint density at radius 3 is 1.67 bits per heavy atom. The number of alkyl halides is 1.